The molecular weight excluding hydrogens is 262 g/mol. The minimum Gasteiger partial charge on any atom is -0.458 e. The first kappa shape index (κ1) is 16.1. The Balaban J connectivity index is 2.21. The summed E-state index contributed by atoms with van der Waals surface area (Å²) in [6.45, 7) is 12.9. The van der Waals surface area contributed by atoms with Gasteiger partial charge in [-0.1, -0.05) is 32.0 Å². The first-order valence-corrected chi connectivity index (χ1v) is 7.71. The third kappa shape index (κ3) is 4.58. The molecule has 21 heavy (non-hydrogen) atoms. The van der Waals surface area contributed by atoms with Crippen molar-refractivity contribution in [2.75, 3.05) is 6.54 Å². The molecule has 0 aliphatic rings. The van der Waals surface area contributed by atoms with Crippen LogP contribution < -0.4 is 5.32 Å². The van der Waals surface area contributed by atoms with Gasteiger partial charge in [0, 0.05) is 17.5 Å². The zero-order valence-electron chi connectivity index (χ0n) is 13.8. The molecule has 116 valence electrons. The highest BCUT2D eigenvalue weighted by molar-refractivity contribution is 5.82. The summed E-state index contributed by atoms with van der Waals surface area (Å²) in [5, 5.41) is 4.68. The van der Waals surface area contributed by atoms with Gasteiger partial charge in [0.15, 0.2) is 0 Å². The van der Waals surface area contributed by atoms with Crippen LogP contribution in [0.3, 0.4) is 0 Å². The summed E-state index contributed by atoms with van der Waals surface area (Å²) >= 11 is 0. The second-order valence-corrected chi connectivity index (χ2v) is 6.93. The number of fused-ring (bicyclic) bond motifs is 1. The summed E-state index contributed by atoms with van der Waals surface area (Å²) in [6.07, 6.45) is 0. The summed E-state index contributed by atoms with van der Waals surface area (Å²) in [5.74, 6) is 1.57. The van der Waals surface area contributed by atoms with Gasteiger partial charge in [-0.15, -0.1) is 0 Å². The number of furan rings is 1. The minimum atomic E-state index is -0.165. The third-order valence-corrected chi connectivity index (χ3v) is 3.27. The minimum absolute atomic E-state index is 0.165. The van der Waals surface area contributed by atoms with Crippen LogP contribution in [0.5, 0.6) is 0 Å². The van der Waals surface area contributed by atoms with E-state index in [2.05, 4.69) is 52.1 Å². The highest BCUT2D eigenvalue weighted by atomic mass is 16.5. The fourth-order valence-corrected chi connectivity index (χ4v) is 2.23. The Morgan fingerprint density at radius 1 is 1.19 bits per heavy atom. The summed E-state index contributed by atoms with van der Waals surface area (Å²) in [4.78, 5) is 0. The van der Waals surface area contributed by atoms with Gasteiger partial charge in [0.2, 0.25) is 0 Å². The Morgan fingerprint density at radius 2 is 1.90 bits per heavy atom. The van der Waals surface area contributed by atoms with E-state index < -0.39 is 0 Å². The van der Waals surface area contributed by atoms with Gasteiger partial charge in [-0.3, -0.25) is 0 Å². The molecule has 0 unspecified atom stereocenters. The maximum atomic E-state index is 5.99. The normalized spacial score (nSPS) is 12.5. The van der Waals surface area contributed by atoms with Crippen LogP contribution in [0.2, 0.25) is 0 Å². The summed E-state index contributed by atoms with van der Waals surface area (Å²) < 4.78 is 11.9. The van der Waals surface area contributed by atoms with Gasteiger partial charge >= 0.3 is 0 Å². The quantitative estimate of drug-likeness (QED) is 0.850. The number of hydrogen-bond acceptors (Lipinski definition) is 3. The van der Waals surface area contributed by atoms with E-state index in [0.717, 1.165) is 24.4 Å². The second-order valence-electron chi connectivity index (χ2n) is 6.93. The molecule has 1 N–H and O–H groups in total. The summed E-state index contributed by atoms with van der Waals surface area (Å²) in [7, 11) is 0. The molecule has 0 bridgehead atoms. The fraction of sp³-hybridized carbons (Fsp3) is 0.556. The van der Waals surface area contributed by atoms with Gasteiger partial charge in [0.1, 0.15) is 18.0 Å². The largest absolute Gasteiger partial charge is 0.458 e. The van der Waals surface area contributed by atoms with Crippen molar-refractivity contribution in [1.29, 1.82) is 0 Å². The lowest BCUT2D eigenvalue weighted by Crippen LogP contribution is -2.21. The molecule has 1 aromatic carbocycles. The van der Waals surface area contributed by atoms with Crippen molar-refractivity contribution in [1.82, 2.24) is 5.32 Å². The third-order valence-electron chi connectivity index (χ3n) is 3.27. The Hall–Kier alpha value is -1.32. The molecule has 0 atom stereocenters. The summed E-state index contributed by atoms with van der Waals surface area (Å²) in [6, 6.07) is 8.19. The van der Waals surface area contributed by atoms with Crippen molar-refractivity contribution in [2.45, 2.75) is 53.4 Å². The topological polar surface area (TPSA) is 34.4 Å². The average molecular weight is 289 g/mol. The molecular formula is C18H27NO2. The SMILES string of the molecule is CC(C)CNCc1c(COC(C)(C)C)oc2ccccc12. The molecule has 0 fully saturated rings. The number of para-hydroxylation sites is 1. The molecule has 0 saturated heterocycles. The van der Waals surface area contributed by atoms with E-state index in [1.165, 1.54) is 10.9 Å². The highest BCUT2D eigenvalue weighted by Gasteiger charge is 2.17. The van der Waals surface area contributed by atoms with E-state index in [1.807, 2.05) is 12.1 Å². The van der Waals surface area contributed by atoms with Crippen molar-refractivity contribution in [3.63, 3.8) is 0 Å². The Bertz CT molecular complexity index is 578. The number of nitrogens with one attached hydrogen (secondary N) is 1. The van der Waals surface area contributed by atoms with E-state index in [0.29, 0.717) is 12.5 Å². The standard InChI is InChI=1S/C18H27NO2/c1-13(2)10-19-11-15-14-8-6-7-9-16(14)21-17(15)12-20-18(3,4)5/h6-9,13,19H,10-12H2,1-5H3. The average Bonchev–Trinajstić information content (AvgIpc) is 2.74. The molecule has 2 rings (SSSR count). The Morgan fingerprint density at radius 3 is 2.57 bits per heavy atom. The van der Waals surface area contributed by atoms with Gasteiger partial charge < -0.3 is 14.5 Å². The lowest BCUT2D eigenvalue weighted by atomic mass is 10.1. The fourth-order valence-electron chi connectivity index (χ4n) is 2.23. The second kappa shape index (κ2) is 6.63. The monoisotopic (exact) mass is 289 g/mol. The van der Waals surface area contributed by atoms with Gasteiger partial charge in [0.05, 0.1) is 5.60 Å². The lowest BCUT2D eigenvalue weighted by Gasteiger charge is -2.19. The van der Waals surface area contributed by atoms with Crippen molar-refractivity contribution in [3.05, 3.63) is 35.6 Å². The number of ether oxygens (including phenoxy) is 1. The van der Waals surface area contributed by atoms with Crippen molar-refractivity contribution in [3.8, 4) is 0 Å². The van der Waals surface area contributed by atoms with Gasteiger partial charge in [-0.2, -0.15) is 0 Å². The molecule has 0 radical (unpaired) electrons. The van der Waals surface area contributed by atoms with E-state index in [4.69, 9.17) is 9.15 Å². The molecule has 1 heterocycles. The van der Waals surface area contributed by atoms with Gasteiger partial charge in [0.25, 0.3) is 0 Å². The van der Waals surface area contributed by atoms with Crippen LogP contribution in [0.15, 0.2) is 28.7 Å². The van der Waals surface area contributed by atoms with Crippen LogP contribution in [-0.4, -0.2) is 12.1 Å². The molecule has 0 aliphatic carbocycles. The van der Waals surface area contributed by atoms with Crippen LogP contribution in [0, 0.1) is 5.92 Å². The highest BCUT2D eigenvalue weighted by Crippen LogP contribution is 2.27. The number of rotatable bonds is 6. The smallest absolute Gasteiger partial charge is 0.135 e. The van der Waals surface area contributed by atoms with E-state index in [-0.39, 0.29) is 5.60 Å². The van der Waals surface area contributed by atoms with Crippen molar-refractivity contribution < 1.29 is 9.15 Å². The Kier molecular flexibility index (Phi) is 5.07. The van der Waals surface area contributed by atoms with Crippen LogP contribution >= 0.6 is 0 Å². The van der Waals surface area contributed by atoms with Crippen LogP contribution in [0.25, 0.3) is 11.0 Å². The first-order chi connectivity index (χ1) is 9.87. The van der Waals surface area contributed by atoms with Crippen LogP contribution in [0.1, 0.15) is 45.9 Å². The van der Waals surface area contributed by atoms with Crippen LogP contribution in [0.4, 0.5) is 0 Å². The molecule has 0 spiro atoms. The maximum absolute atomic E-state index is 5.99. The van der Waals surface area contributed by atoms with E-state index in [1.54, 1.807) is 0 Å². The van der Waals surface area contributed by atoms with E-state index in [9.17, 15) is 0 Å². The molecule has 0 amide bonds. The predicted octanol–water partition coefficient (Wildman–Crippen LogP) is 4.49. The van der Waals surface area contributed by atoms with E-state index >= 15 is 0 Å². The number of benzene rings is 1. The molecule has 2 aromatic rings. The molecule has 3 nitrogen and oxygen atoms in total. The van der Waals surface area contributed by atoms with Gasteiger partial charge in [-0.05, 0) is 39.3 Å². The molecule has 0 aliphatic heterocycles. The van der Waals surface area contributed by atoms with Crippen LogP contribution in [-0.2, 0) is 17.9 Å². The zero-order valence-corrected chi connectivity index (χ0v) is 13.8. The van der Waals surface area contributed by atoms with Gasteiger partial charge in [-0.25, -0.2) is 0 Å². The molecule has 0 saturated carbocycles. The first-order valence-electron chi connectivity index (χ1n) is 7.71. The maximum Gasteiger partial charge on any atom is 0.135 e. The predicted molar refractivity (Wildman–Crippen MR) is 87.3 cm³/mol. The molecule has 3 heteroatoms. The molecule has 1 aromatic heterocycles. The lowest BCUT2D eigenvalue weighted by molar-refractivity contribution is -0.0223. The Labute approximate surface area is 127 Å². The van der Waals surface area contributed by atoms with Crippen molar-refractivity contribution >= 4 is 11.0 Å². The zero-order chi connectivity index (χ0) is 15.5. The summed E-state index contributed by atoms with van der Waals surface area (Å²) in [5.41, 5.74) is 1.99. The number of hydrogen-bond donors (Lipinski definition) is 1. The van der Waals surface area contributed by atoms with Crippen molar-refractivity contribution in [2.24, 2.45) is 5.92 Å².